The smallest absolute Gasteiger partial charge is 0.338 e. The summed E-state index contributed by atoms with van der Waals surface area (Å²) in [4.78, 5) is 32.9. The number of carbonyl (C=O) groups excluding carboxylic acids is 1. The fourth-order valence-electron chi connectivity index (χ4n) is 9.01. The van der Waals surface area contributed by atoms with Crippen LogP contribution in [0, 0.1) is 36.8 Å². The number of amides is 1. The summed E-state index contributed by atoms with van der Waals surface area (Å²) in [5, 5.41) is 19.3. The Labute approximate surface area is 321 Å². The van der Waals surface area contributed by atoms with Crippen LogP contribution in [-0.2, 0) is 29.4 Å². The Morgan fingerprint density at radius 2 is 1.73 bits per heavy atom. The fraction of sp³-hybridized carbons (Fsp3) is 0.357. The number of anilines is 1. The van der Waals surface area contributed by atoms with Gasteiger partial charge in [0.15, 0.2) is 5.82 Å². The number of halogens is 2. The SMILES string of the molecule is Cc1cc(-n2nc3c(c2-n2ccn(-c4ccc5c(cnn5C)c4F)c2=O)[C@H](C)N(C(=O)C2Cc4cc(C5CCOCC5)ccc4N2CC#N)CC3)cc(C)c1F. The van der Waals surface area contributed by atoms with Crippen molar-refractivity contribution in [3.8, 4) is 23.3 Å². The molecule has 0 saturated carbocycles. The van der Waals surface area contributed by atoms with Gasteiger partial charge >= 0.3 is 5.69 Å². The van der Waals surface area contributed by atoms with Crippen molar-refractivity contribution in [2.24, 2.45) is 7.05 Å². The van der Waals surface area contributed by atoms with Crippen LogP contribution < -0.4 is 10.6 Å². The Morgan fingerprint density at radius 1 is 1.00 bits per heavy atom. The lowest BCUT2D eigenvalue weighted by Crippen LogP contribution is -2.50. The number of rotatable bonds is 6. The van der Waals surface area contributed by atoms with Crippen LogP contribution in [0.4, 0.5) is 14.5 Å². The first-order valence-electron chi connectivity index (χ1n) is 19.0. The van der Waals surface area contributed by atoms with Crippen LogP contribution in [0.15, 0.2) is 65.8 Å². The summed E-state index contributed by atoms with van der Waals surface area (Å²) in [7, 11) is 1.72. The van der Waals surface area contributed by atoms with Gasteiger partial charge < -0.3 is 14.5 Å². The number of carbonyl (C=O) groups is 1. The van der Waals surface area contributed by atoms with Crippen molar-refractivity contribution in [1.82, 2.24) is 33.6 Å². The average Bonchev–Trinajstić information content (AvgIpc) is 3.97. The maximum atomic E-state index is 15.9. The summed E-state index contributed by atoms with van der Waals surface area (Å²) < 4.78 is 42.3. The molecule has 6 heterocycles. The second-order valence-corrected chi connectivity index (χ2v) is 15.1. The Bertz CT molecular complexity index is 2640. The highest BCUT2D eigenvalue weighted by Gasteiger charge is 2.42. The van der Waals surface area contributed by atoms with Crippen LogP contribution in [0.25, 0.3) is 28.1 Å². The molecule has 0 N–H and O–H groups in total. The lowest BCUT2D eigenvalue weighted by atomic mass is 9.90. The number of fused-ring (bicyclic) bond motifs is 3. The summed E-state index contributed by atoms with van der Waals surface area (Å²) in [6.45, 7) is 7.17. The van der Waals surface area contributed by atoms with E-state index in [1.807, 2.05) is 22.8 Å². The van der Waals surface area contributed by atoms with Gasteiger partial charge in [0, 0.05) is 63.3 Å². The molecule has 9 rings (SSSR count). The van der Waals surface area contributed by atoms with Crippen LogP contribution >= 0.6 is 0 Å². The normalized spacial score (nSPS) is 18.4. The predicted octanol–water partition coefficient (Wildman–Crippen LogP) is 5.89. The highest BCUT2D eigenvalue weighted by molar-refractivity contribution is 5.89. The summed E-state index contributed by atoms with van der Waals surface area (Å²) in [6, 6.07) is 14.1. The van der Waals surface area contributed by atoms with Crippen molar-refractivity contribution in [3.63, 3.8) is 0 Å². The van der Waals surface area contributed by atoms with Crippen molar-refractivity contribution >= 4 is 22.5 Å². The van der Waals surface area contributed by atoms with Crippen LogP contribution in [0.5, 0.6) is 0 Å². The second-order valence-electron chi connectivity index (χ2n) is 15.1. The minimum Gasteiger partial charge on any atom is -0.381 e. The molecule has 56 heavy (non-hydrogen) atoms. The molecule has 6 aromatic rings. The molecule has 1 amide bonds. The van der Waals surface area contributed by atoms with Gasteiger partial charge in [-0.05, 0) is 92.1 Å². The molecule has 3 aliphatic rings. The molecule has 1 fully saturated rings. The predicted molar refractivity (Wildman–Crippen MR) is 206 cm³/mol. The van der Waals surface area contributed by atoms with Gasteiger partial charge in [-0.2, -0.15) is 15.5 Å². The highest BCUT2D eigenvalue weighted by Crippen LogP contribution is 2.40. The third kappa shape index (κ3) is 5.55. The molecule has 1 saturated heterocycles. The van der Waals surface area contributed by atoms with E-state index in [-0.39, 0.29) is 29.3 Å². The Kier molecular flexibility index (Phi) is 8.65. The maximum absolute atomic E-state index is 15.9. The van der Waals surface area contributed by atoms with E-state index >= 15 is 4.39 Å². The molecular weight excluding hydrogens is 717 g/mol. The van der Waals surface area contributed by atoms with E-state index in [0.717, 1.165) is 37.3 Å². The van der Waals surface area contributed by atoms with E-state index in [2.05, 4.69) is 23.3 Å². The number of imidazole rings is 1. The molecule has 2 atom stereocenters. The van der Waals surface area contributed by atoms with E-state index in [9.17, 15) is 19.2 Å². The van der Waals surface area contributed by atoms with Gasteiger partial charge in [0.1, 0.15) is 24.2 Å². The molecule has 3 aliphatic heterocycles. The standard InChI is InChI=1S/C42H41F2N9O3/c1-24-19-30(20-25(2)38(24)43)53-40(52-16-15-51(42(52)55)35-8-7-34-31(39(35)44)23-46-48(34)4)37-26(3)49(13-9-32(37)47-53)41(54)36-22-29-21-28(27-10-17-56-18-11-27)5-6-33(29)50(36)14-12-45/h5-8,15-16,19-21,23,26-27,36H,9-11,13-14,17-18,22H2,1-4H3/t26-,36?/m0/s1. The first-order chi connectivity index (χ1) is 27.0. The number of aromatic nitrogens is 6. The zero-order valence-corrected chi connectivity index (χ0v) is 31.7. The minimum absolute atomic E-state index is 0.0598. The molecule has 3 aromatic carbocycles. The molecule has 0 radical (unpaired) electrons. The summed E-state index contributed by atoms with van der Waals surface area (Å²) in [5.74, 6) is -0.259. The zero-order chi connectivity index (χ0) is 39.0. The lowest BCUT2D eigenvalue weighted by Gasteiger charge is -2.37. The minimum atomic E-state index is -0.589. The van der Waals surface area contributed by atoms with Crippen LogP contribution in [0.1, 0.15) is 65.2 Å². The summed E-state index contributed by atoms with van der Waals surface area (Å²) >= 11 is 0. The van der Waals surface area contributed by atoms with Gasteiger partial charge in [0.05, 0.1) is 46.3 Å². The number of benzene rings is 3. The van der Waals surface area contributed by atoms with Gasteiger partial charge in [-0.1, -0.05) is 12.1 Å². The van der Waals surface area contributed by atoms with Crippen molar-refractivity contribution in [2.75, 3.05) is 31.2 Å². The van der Waals surface area contributed by atoms with Crippen LogP contribution in [0.3, 0.4) is 0 Å². The summed E-state index contributed by atoms with van der Waals surface area (Å²) in [5.41, 5.74) is 6.02. The quantitative estimate of drug-likeness (QED) is 0.195. The third-order valence-corrected chi connectivity index (χ3v) is 11.9. The molecule has 0 spiro atoms. The number of aryl methyl sites for hydroxylation is 3. The largest absolute Gasteiger partial charge is 0.381 e. The number of ether oxygens (including phenoxy) is 1. The van der Waals surface area contributed by atoms with E-state index in [1.165, 1.54) is 27.1 Å². The van der Waals surface area contributed by atoms with Crippen molar-refractivity contribution in [1.29, 1.82) is 5.26 Å². The van der Waals surface area contributed by atoms with Crippen LogP contribution in [0.2, 0.25) is 0 Å². The molecule has 14 heteroatoms. The van der Waals surface area contributed by atoms with Gasteiger partial charge in [-0.25, -0.2) is 18.3 Å². The van der Waals surface area contributed by atoms with Crippen molar-refractivity contribution in [3.05, 3.63) is 117 Å². The lowest BCUT2D eigenvalue weighted by molar-refractivity contribution is -0.135. The van der Waals surface area contributed by atoms with Gasteiger partial charge in [-0.15, -0.1) is 0 Å². The van der Waals surface area contributed by atoms with E-state index < -0.39 is 23.6 Å². The number of hydrogen-bond donors (Lipinski definition) is 0. The average molecular weight is 758 g/mol. The van der Waals surface area contributed by atoms with Crippen molar-refractivity contribution < 1.29 is 18.3 Å². The third-order valence-electron chi connectivity index (χ3n) is 11.9. The molecule has 1 unspecified atom stereocenters. The number of nitriles is 1. The zero-order valence-electron chi connectivity index (χ0n) is 31.7. The monoisotopic (exact) mass is 757 g/mol. The highest BCUT2D eigenvalue weighted by atomic mass is 19.1. The number of hydrogen-bond acceptors (Lipinski definition) is 7. The summed E-state index contributed by atoms with van der Waals surface area (Å²) in [6.07, 6.45) is 7.28. The molecule has 12 nitrogen and oxygen atoms in total. The first-order valence-corrected chi connectivity index (χ1v) is 19.0. The first kappa shape index (κ1) is 35.6. The molecule has 0 bridgehead atoms. The van der Waals surface area contributed by atoms with Crippen molar-refractivity contribution in [2.45, 2.75) is 64.5 Å². The van der Waals surface area contributed by atoms with Gasteiger partial charge in [0.25, 0.3) is 0 Å². The van der Waals surface area contributed by atoms with Gasteiger partial charge in [-0.3, -0.25) is 18.6 Å². The number of nitrogens with zero attached hydrogens (tertiary/aromatic N) is 9. The molecule has 286 valence electrons. The Morgan fingerprint density at radius 3 is 2.48 bits per heavy atom. The van der Waals surface area contributed by atoms with Gasteiger partial charge in [0.2, 0.25) is 5.91 Å². The molecule has 3 aromatic heterocycles. The fourth-order valence-corrected chi connectivity index (χ4v) is 9.01. The molecule has 0 aliphatic carbocycles. The Hall–Kier alpha value is -6.07. The van der Waals surface area contributed by atoms with E-state index in [1.54, 1.807) is 60.7 Å². The molecular formula is C42H41F2N9O3. The maximum Gasteiger partial charge on any atom is 0.338 e. The van der Waals surface area contributed by atoms with E-state index in [4.69, 9.17) is 9.84 Å². The Balaban J connectivity index is 1.12. The van der Waals surface area contributed by atoms with Crippen LogP contribution in [-0.4, -0.2) is 71.8 Å². The topological polar surface area (TPSA) is 119 Å². The van der Waals surface area contributed by atoms with E-state index in [0.29, 0.717) is 64.7 Å². The second kappa shape index (κ2) is 13.6.